The molecule has 0 aliphatic carbocycles. The number of carbonyl (C=O) groups excluding carboxylic acids is 1. The molecule has 2 heterocycles. The van der Waals surface area contributed by atoms with Crippen molar-refractivity contribution in [2.24, 2.45) is 0 Å². The van der Waals surface area contributed by atoms with Gasteiger partial charge in [-0.15, -0.1) is 5.10 Å². The number of benzene rings is 5. The molecule has 0 aliphatic heterocycles. The molecule has 0 saturated heterocycles. The lowest BCUT2D eigenvalue weighted by atomic mass is 9.77. The third-order valence-corrected chi connectivity index (χ3v) is 9.28. The summed E-state index contributed by atoms with van der Waals surface area (Å²) in [4.78, 5) is 19.7. The quantitative estimate of drug-likeness (QED) is 0.129. The van der Waals surface area contributed by atoms with Crippen LogP contribution in [-0.2, 0) is 16.9 Å². The van der Waals surface area contributed by atoms with Gasteiger partial charge >= 0.3 is 0 Å². The van der Waals surface area contributed by atoms with Crippen molar-refractivity contribution in [1.82, 2.24) is 25.2 Å². The molecule has 7 nitrogen and oxygen atoms in total. The summed E-state index contributed by atoms with van der Waals surface area (Å²) in [6.45, 7) is 6.43. The van der Waals surface area contributed by atoms with Crippen LogP contribution in [-0.4, -0.2) is 31.1 Å². The first-order valence-corrected chi connectivity index (χ1v) is 17.4. The summed E-state index contributed by atoms with van der Waals surface area (Å²) in [5, 5.41) is 13.8. The Morgan fingerprint density at radius 2 is 1.18 bits per heavy atom. The van der Waals surface area contributed by atoms with Crippen molar-refractivity contribution in [3.05, 3.63) is 185 Å². The second-order valence-electron chi connectivity index (χ2n) is 12.8. The number of amides is 1. The van der Waals surface area contributed by atoms with Gasteiger partial charge in [0.15, 0.2) is 5.82 Å². The van der Waals surface area contributed by atoms with Crippen LogP contribution in [0.5, 0.6) is 0 Å². The Bertz CT molecular complexity index is 2110. The zero-order valence-electron chi connectivity index (χ0n) is 29.1. The van der Waals surface area contributed by atoms with Gasteiger partial charge in [0.2, 0.25) is 5.91 Å². The summed E-state index contributed by atoms with van der Waals surface area (Å²) in [6.07, 6.45) is 1.27. The molecule has 0 spiro atoms. The monoisotopic (exact) mass is 668 g/mol. The Balaban J connectivity index is 1.32. The Morgan fingerprint density at radius 3 is 1.71 bits per heavy atom. The number of nitrogens with zero attached hydrogens (tertiary/aromatic N) is 6. The molecule has 0 radical (unpaired) electrons. The van der Waals surface area contributed by atoms with E-state index in [0.29, 0.717) is 18.8 Å². The maximum absolute atomic E-state index is 13.3. The largest absolute Gasteiger partial charge is 0.308 e. The first-order valence-electron chi connectivity index (χ1n) is 17.4. The lowest BCUT2D eigenvalue weighted by Gasteiger charge is -2.36. The van der Waals surface area contributed by atoms with Crippen LogP contribution < -0.4 is 4.90 Å². The van der Waals surface area contributed by atoms with Gasteiger partial charge < -0.3 is 4.90 Å². The lowest BCUT2D eigenvalue weighted by molar-refractivity contribution is -0.118. The van der Waals surface area contributed by atoms with Gasteiger partial charge in [0.25, 0.3) is 0 Å². The number of rotatable bonds is 11. The van der Waals surface area contributed by atoms with Crippen LogP contribution in [0.3, 0.4) is 0 Å². The van der Waals surface area contributed by atoms with E-state index in [0.717, 1.165) is 62.4 Å². The fourth-order valence-electron chi connectivity index (χ4n) is 7.03. The van der Waals surface area contributed by atoms with Crippen LogP contribution in [0.2, 0.25) is 0 Å². The molecule has 2 aromatic heterocycles. The molecule has 0 N–H and O–H groups in total. The minimum atomic E-state index is -0.863. The highest BCUT2D eigenvalue weighted by Gasteiger charge is 2.42. The van der Waals surface area contributed by atoms with E-state index in [2.05, 4.69) is 119 Å². The van der Waals surface area contributed by atoms with Crippen LogP contribution in [0.25, 0.3) is 22.5 Å². The molecule has 51 heavy (non-hydrogen) atoms. The predicted octanol–water partition coefficient (Wildman–Crippen LogP) is 9.19. The Hall–Kier alpha value is -6.21. The van der Waals surface area contributed by atoms with Crippen LogP contribution in [0.15, 0.2) is 152 Å². The van der Waals surface area contributed by atoms with E-state index in [4.69, 9.17) is 10.3 Å². The van der Waals surface area contributed by atoms with Gasteiger partial charge in [0.1, 0.15) is 5.54 Å². The average Bonchev–Trinajstić information content (AvgIpc) is 3.65. The van der Waals surface area contributed by atoms with Crippen molar-refractivity contribution >= 4 is 11.6 Å². The molecule has 7 aromatic rings. The number of aryl methyl sites for hydroxylation is 2. The summed E-state index contributed by atoms with van der Waals surface area (Å²) < 4.78 is 1.97. The van der Waals surface area contributed by atoms with E-state index < -0.39 is 5.54 Å². The van der Waals surface area contributed by atoms with Crippen molar-refractivity contribution in [3.8, 4) is 22.5 Å². The second kappa shape index (κ2) is 14.7. The summed E-state index contributed by atoms with van der Waals surface area (Å²) in [6, 6.07) is 51.9. The molecule has 0 saturated carbocycles. The third kappa shape index (κ3) is 6.58. The Kier molecular flexibility index (Phi) is 9.61. The standard InChI is InChI=1S/C44H40N6O/c1-4-16-42(51)49(39-29-32(2)45-33(3)30-39)31-34-25-27-35(28-26-34)40-23-14-15-24-41(40)43-46-47-48-50(43)44(36-17-8-5-9-18-36,37-19-10-6-11-20-37)38-21-12-7-13-22-38/h5-15,17-30H,4,16,31H2,1-3H3. The molecular formula is C44H40N6O. The van der Waals surface area contributed by atoms with Crippen molar-refractivity contribution in [3.63, 3.8) is 0 Å². The van der Waals surface area contributed by atoms with Crippen LogP contribution in [0.1, 0.15) is 53.4 Å². The van der Waals surface area contributed by atoms with Gasteiger partial charge in [0, 0.05) is 29.1 Å². The molecule has 0 fully saturated rings. The summed E-state index contributed by atoms with van der Waals surface area (Å²) in [7, 11) is 0. The fraction of sp³-hybridized carbons (Fsp3) is 0.159. The van der Waals surface area contributed by atoms with Crippen LogP contribution in [0.4, 0.5) is 5.69 Å². The zero-order valence-corrected chi connectivity index (χ0v) is 29.1. The number of carbonyl (C=O) groups is 1. The molecule has 0 aliphatic rings. The SMILES string of the molecule is CCCC(=O)N(Cc1ccc(-c2ccccc2-c2nnnn2C(c2ccccc2)(c2ccccc2)c2ccccc2)cc1)c1cc(C)nc(C)c1. The van der Waals surface area contributed by atoms with E-state index in [1.807, 2.05) is 72.8 Å². The van der Waals surface area contributed by atoms with E-state index >= 15 is 0 Å². The Labute approximate surface area is 299 Å². The molecule has 0 atom stereocenters. The number of tetrazole rings is 1. The number of anilines is 1. The van der Waals surface area contributed by atoms with Crippen molar-refractivity contribution in [2.45, 2.75) is 45.7 Å². The van der Waals surface area contributed by atoms with Crippen molar-refractivity contribution < 1.29 is 4.79 Å². The minimum Gasteiger partial charge on any atom is -0.308 e. The van der Waals surface area contributed by atoms with Gasteiger partial charge in [-0.2, -0.15) is 0 Å². The first-order chi connectivity index (χ1) is 25.0. The maximum atomic E-state index is 13.3. The summed E-state index contributed by atoms with van der Waals surface area (Å²) in [5.74, 6) is 0.744. The first kappa shape index (κ1) is 33.3. The average molecular weight is 669 g/mol. The van der Waals surface area contributed by atoms with Gasteiger partial charge in [-0.05, 0) is 76.2 Å². The Morgan fingerprint density at radius 1 is 0.667 bits per heavy atom. The predicted molar refractivity (Wildman–Crippen MR) is 203 cm³/mol. The topological polar surface area (TPSA) is 76.8 Å². The number of hydrogen-bond acceptors (Lipinski definition) is 5. The van der Waals surface area contributed by atoms with E-state index in [1.165, 1.54) is 0 Å². The number of aromatic nitrogens is 5. The molecule has 1 amide bonds. The molecular weight excluding hydrogens is 629 g/mol. The molecule has 5 aromatic carbocycles. The van der Waals surface area contributed by atoms with Gasteiger partial charge in [-0.3, -0.25) is 9.78 Å². The minimum absolute atomic E-state index is 0.0995. The van der Waals surface area contributed by atoms with Gasteiger partial charge in [-0.25, -0.2) is 4.68 Å². The summed E-state index contributed by atoms with van der Waals surface area (Å²) in [5.41, 5.74) is 8.89. The van der Waals surface area contributed by atoms with Gasteiger partial charge in [-0.1, -0.05) is 146 Å². The van der Waals surface area contributed by atoms with Gasteiger partial charge in [0.05, 0.1) is 6.54 Å². The third-order valence-electron chi connectivity index (χ3n) is 9.28. The van der Waals surface area contributed by atoms with Crippen molar-refractivity contribution in [1.29, 1.82) is 0 Å². The molecule has 7 rings (SSSR count). The lowest BCUT2D eigenvalue weighted by Crippen LogP contribution is -2.39. The van der Waals surface area contributed by atoms with E-state index in [9.17, 15) is 4.79 Å². The molecule has 252 valence electrons. The normalized spacial score (nSPS) is 11.4. The highest BCUT2D eigenvalue weighted by Crippen LogP contribution is 2.43. The molecule has 0 bridgehead atoms. The number of pyridine rings is 1. The smallest absolute Gasteiger partial charge is 0.227 e. The number of hydrogen-bond donors (Lipinski definition) is 0. The zero-order chi connectivity index (χ0) is 35.2. The molecule has 0 unspecified atom stereocenters. The van der Waals surface area contributed by atoms with Crippen LogP contribution >= 0.6 is 0 Å². The fourth-order valence-corrected chi connectivity index (χ4v) is 7.03. The highest BCUT2D eigenvalue weighted by molar-refractivity contribution is 5.93. The summed E-state index contributed by atoms with van der Waals surface area (Å²) >= 11 is 0. The highest BCUT2D eigenvalue weighted by atomic mass is 16.2. The molecule has 7 heteroatoms. The maximum Gasteiger partial charge on any atom is 0.227 e. The second-order valence-corrected chi connectivity index (χ2v) is 12.8. The van der Waals surface area contributed by atoms with E-state index in [1.54, 1.807) is 0 Å². The van der Waals surface area contributed by atoms with Crippen molar-refractivity contribution in [2.75, 3.05) is 4.90 Å². The van der Waals surface area contributed by atoms with Crippen LogP contribution in [0, 0.1) is 13.8 Å². The van der Waals surface area contributed by atoms with E-state index in [-0.39, 0.29) is 5.91 Å².